The van der Waals surface area contributed by atoms with Gasteiger partial charge in [0, 0.05) is 6.92 Å². The van der Waals surface area contributed by atoms with Crippen molar-refractivity contribution in [1.29, 1.82) is 0 Å². The van der Waals surface area contributed by atoms with E-state index in [2.05, 4.69) is 12.2 Å². The maximum Gasteiger partial charge on any atom is 0.217 e. The van der Waals surface area contributed by atoms with Crippen molar-refractivity contribution < 1.29 is 14.6 Å². The van der Waals surface area contributed by atoms with Gasteiger partial charge in [0.15, 0.2) is 0 Å². The number of benzene rings is 1. The highest BCUT2D eigenvalue weighted by atomic mass is 16.5. The summed E-state index contributed by atoms with van der Waals surface area (Å²) in [5.41, 5.74) is 1.07. The normalized spacial score (nSPS) is 13.4. The summed E-state index contributed by atoms with van der Waals surface area (Å²) in [5.74, 6) is -0.161. The molecule has 176 valence electrons. The highest BCUT2D eigenvalue weighted by molar-refractivity contribution is 5.73. The van der Waals surface area contributed by atoms with E-state index >= 15 is 0 Å². The molecular weight excluding hydrogens is 386 g/mol. The predicted molar refractivity (Wildman–Crippen MR) is 130 cm³/mol. The van der Waals surface area contributed by atoms with Crippen LogP contribution in [0.5, 0.6) is 0 Å². The summed E-state index contributed by atoms with van der Waals surface area (Å²) in [6, 6.07) is 9.46. The fourth-order valence-corrected chi connectivity index (χ4v) is 3.66. The van der Waals surface area contributed by atoms with E-state index in [1.807, 2.05) is 36.4 Å². The van der Waals surface area contributed by atoms with E-state index in [0.717, 1.165) is 18.4 Å². The molecule has 1 aromatic carbocycles. The van der Waals surface area contributed by atoms with Crippen LogP contribution >= 0.6 is 0 Å². The first-order valence-corrected chi connectivity index (χ1v) is 12.4. The number of carbonyl (C=O) groups is 1. The molecule has 0 unspecified atom stereocenters. The molecule has 0 aromatic heterocycles. The summed E-state index contributed by atoms with van der Waals surface area (Å²) in [5, 5.41) is 13.2. The summed E-state index contributed by atoms with van der Waals surface area (Å²) < 4.78 is 5.71. The lowest BCUT2D eigenvalue weighted by molar-refractivity contribution is -0.121. The molecule has 0 aliphatic heterocycles. The summed E-state index contributed by atoms with van der Waals surface area (Å²) >= 11 is 0. The lowest BCUT2D eigenvalue weighted by Gasteiger charge is -2.21. The van der Waals surface area contributed by atoms with Gasteiger partial charge in [-0.3, -0.25) is 4.79 Å². The Kier molecular flexibility index (Phi) is 16.8. The lowest BCUT2D eigenvalue weighted by atomic mass is 10.0. The van der Waals surface area contributed by atoms with Gasteiger partial charge in [-0.05, 0) is 18.4 Å². The molecule has 0 fully saturated rings. The average molecular weight is 432 g/mol. The molecule has 0 radical (unpaired) electrons. The summed E-state index contributed by atoms with van der Waals surface area (Å²) in [7, 11) is 0. The first-order chi connectivity index (χ1) is 15.1. The predicted octanol–water partition coefficient (Wildman–Crippen LogP) is 6.33. The summed E-state index contributed by atoms with van der Waals surface area (Å²) in [6.45, 7) is 4.47. The standard InChI is InChI=1S/C27H45NO3/c1-3-4-5-6-7-8-9-10-11-12-13-14-18-21-27(30)26(28-24(2)29)23-31-22-25-19-16-15-17-20-25/h15-21,26-27,30H,3-14,22-23H2,1-2H3,(H,28,29)/b21-18+/t26-,27-/m0/s1. The molecule has 31 heavy (non-hydrogen) atoms. The maximum atomic E-state index is 11.5. The number of hydrogen-bond acceptors (Lipinski definition) is 3. The molecule has 0 heterocycles. The lowest BCUT2D eigenvalue weighted by Crippen LogP contribution is -2.44. The number of allylic oxidation sites excluding steroid dienone is 1. The first kappa shape index (κ1) is 27.4. The fourth-order valence-electron chi connectivity index (χ4n) is 3.66. The molecule has 0 aliphatic carbocycles. The Morgan fingerprint density at radius 1 is 0.968 bits per heavy atom. The van der Waals surface area contributed by atoms with Crippen LogP contribution < -0.4 is 5.32 Å². The third-order valence-corrected chi connectivity index (χ3v) is 5.52. The number of amides is 1. The van der Waals surface area contributed by atoms with Crippen molar-refractivity contribution in [1.82, 2.24) is 5.32 Å². The van der Waals surface area contributed by atoms with E-state index in [0.29, 0.717) is 6.61 Å². The zero-order valence-electron chi connectivity index (χ0n) is 19.9. The molecule has 1 rings (SSSR count). The minimum Gasteiger partial charge on any atom is -0.387 e. The number of rotatable bonds is 19. The van der Waals surface area contributed by atoms with Crippen LogP contribution in [0.2, 0.25) is 0 Å². The van der Waals surface area contributed by atoms with E-state index in [9.17, 15) is 9.90 Å². The molecule has 0 aliphatic rings. The van der Waals surface area contributed by atoms with Crippen LogP contribution in [0.1, 0.15) is 96.5 Å². The number of hydrogen-bond donors (Lipinski definition) is 2. The van der Waals surface area contributed by atoms with Gasteiger partial charge in [-0.1, -0.05) is 114 Å². The van der Waals surface area contributed by atoms with E-state index in [-0.39, 0.29) is 12.5 Å². The van der Waals surface area contributed by atoms with Gasteiger partial charge in [-0.25, -0.2) is 0 Å². The molecule has 0 bridgehead atoms. The second kappa shape index (κ2) is 19.1. The van der Waals surface area contributed by atoms with E-state index in [4.69, 9.17) is 4.74 Å². The minimum atomic E-state index is -0.743. The molecule has 1 aromatic rings. The van der Waals surface area contributed by atoms with Gasteiger partial charge in [0.25, 0.3) is 0 Å². The van der Waals surface area contributed by atoms with Crippen molar-refractivity contribution >= 4 is 5.91 Å². The molecule has 0 saturated heterocycles. The Labute approximate surface area is 190 Å². The van der Waals surface area contributed by atoms with Gasteiger partial charge in [0.2, 0.25) is 5.91 Å². The topological polar surface area (TPSA) is 58.6 Å². The third-order valence-electron chi connectivity index (χ3n) is 5.52. The zero-order valence-corrected chi connectivity index (χ0v) is 19.9. The second-order valence-electron chi connectivity index (χ2n) is 8.55. The zero-order chi connectivity index (χ0) is 22.6. The second-order valence-corrected chi connectivity index (χ2v) is 8.55. The largest absolute Gasteiger partial charge is 0.387 e. The molecule has 4 nitrogen and oxygen atoms in total. The van der Waals surface area contributed by atoms with Crippen molar-refractivity contribution in [3.63, 3.8) is 0 Å². The molecule has 4 heteroatoms. The SMILES string of the molecule is CCCCCCCCCCCCC/C=C/[C@H](O)[C@H](COCc1ccccc1)NC(C)=O. The van der Waals surface area contributed by atoms with Crippen molar-refractivity contribution in [2.24, 2.45) is 0 Å². The Hall–Kier alpha value is -1.65. The molecule has 2 atom stereocenters. The number of nitrogens with one attached hydrogen (secondary N) is 1. The van der Waals surface area contributed by atoms with Crippen LogP contribution in [-0.4, -0.2) is 29.8 Å². The molecule has 2 N–H and O–H groups in total. The summed E-state index contributed by atoms with van der Waals surface area (Å²) in [4.78, 5) is 11.5. The van der Waals surface area contributed by atoms with E-state index in [1.54, 1.807) is 6.08 Å². The fraction of sp³-hybridized carbons (Fsp3) is 0.667. The number of unbranched alkanes of at least 4 members (excludes halogenated alkanes) is 11. The van der Waals surface area contributed by atoms with Crippen molar-refractivity contribution in [3.05, 3.63) is 48.0 Å². The number of ether oxygens (including phenoxy) is 1. The molecule has 1 amide bonds. The third kappa shape index (κ3) is 15.8. The highest BCUT2D eigenvalue weighted by Gasteiger charge is 2.18. The van der Waals surface area contributed by atoms with Crippen LogP contribution in [0, 0.1) is 0 Å². The Morgan fingerprint density at radius 3 is 2.13 bits per heavy atom. The van der Waals surface area contributed by atoms with Crippen LogP contribution in [0.4, 0.5) is 0 Å². The maximum absolute atomic E-state index is 11.5. The molecular formula is C27H45NO3. The minimum absolute atomic E-state index is 0.161. The Morgan fingerprint density at radius 2 is 1.55 bits per heavy atom. The van der Waals surface area contributed by atoms with Gasteiger partial charge in [-0.15, -0.1) is 0 Å². The van der Waals surface area contributed by atoms with Crippen molar-refractivity contribution in [2.45, 2.75) is 110 Å². The van der Waals surface area contributed by atoms with E-state index in [1.165, 1.54) is 71.1 Å². The van der Waals surface area contributed by atoms with E-state index < -0.39 is 12.1 Å². The molecule has 0 saturated carbocycles. The highest BCUT2D eigenvalue weighted by Crippen LogP contribution is 2.12. The van der Waals surface area contributed by atoms with Gasteiger partial charge in [-0.2, -0.15) is 0 Å². The van der Waals surface area contributed by atoms with Crippen LogP contribution in [-0.2, 0) is 16.1 Å². The monoisotopic (exact) mass is 431 g/mol. The Bertz CT molecular complexity index is 573. The first-order valence-electron chi connectivity index (χ1n) is 12.4. The average Bonchev–Trinajstić information content (AvgIpc) is 2.76. The Balaban J connectivity index is 2.13. The van der Waals surface area contributed by atoms with Gasteiger partial charge in [0.05, 0.1) is 25.4 Å². The quantitative estimate of drug-likeness (QED) is 0.199. The summed E-state index contributed by atoms with van der Waals surface area (Å²) in [6.07, 6.45) is 18.7. The van der Waals surface area contributed by atoms with Crippen molar-refractivity contribution in [3.8, 4) is 0 Å². The van der Waals surface area contributed by atoms with Crippen molar-refractivity contribution in [2.75, 3.05) is 6.61 Å². The van der Waals surface area contributed by atoms with Crippen LogP contribution in [0.3, 0.4) is 0 Å². The molecule has 0 spiro atoms. The van der Waals surface area contributed by atoms with Crippen LogP contribution in [0.15, 0.2) is 42.5 Å². The van der Waals surface area contributed by atoms with Crippen LogP contribution in [0.25, 0.3) is 0 Å². The number of aliphatic hydroxyl groups excluding tert-OH is 1. The number of aliphatic hydroxyl groups is 1. The van der Waals surface area contributed by atoms with Gasteiger partial charge < -0.3 is 15.2 Å². The van der Waals surface area contributed by atoms with Gasteiger partial charge >= 0.3 is 0 Å². The smallest absolute Gasteiger partial charge is 0.217 e. The number of carbonyl (C=O) groups excluding carboxylic acids is 1. The van der Waals surface area contributed by atoms with Gasteiger partial charge in [0.1, 0.15) is 0 Å².